The molecule has 2 N–H and O–H groups in total. The zero-order valence-corrected chi connectivity index (χ0v) is 15.7. The first-order chi connectivity index (χ1) is 14.5. The summed E-state index contributed by atoms with van der Waals surface area (Å²) in [6, 6.07) is 9.96. The average molecular weight is 411 g/mol. The third-order valence-electron chi connectivity index (χ3n) is 4.37. The molecule has 0 radical (unpaired) electrons. The van der Waals surface area contributed by atoms with Gasteiger partial charge in [-0.25, -0.2) is 0 Å². The van der Waals surface area contributed by atoms with Crippen molar-refractivity contribution in [2.45, 2.75) is 6.42 Å². The number of carbonyl (C=O) groups excluding carboxylic acids is 2. The Bertz CT molecular complexity index is 1060. The monoisotopic (exact) mass is 411 g/mol. The van der Waals surface area contributed by atoms with Gasteiger partial charge < -0.3 is 29.4 Å². The van der Waals surface area contributed by atoms with E-state index in [0.29, 0.717) is 28.6 Å². The van der Waals surface area contributed by atoms with E-state index in [9.17, 15) is 14.4 Å². The van der Waals surface area contributed by atoms with Crippen molar-refractivity contribution in [1.29, 1.82) is 0 Å². The van der Waals surface area contributed by atoms with Crippen LogP contribution in [0.3, 0.4) is 0 Å². The van der Waals surface area contributed by atoms with Crippen molar-refractivity contribution in [3.63, 3.8) is 0 Å². The Morgan fingerprint density at radius 3 is 2.77 bits per heavy atom. The third kappa shape index (κ3) is 4.19. The van der Waals surface area contributed by atoms with Crippen molar-refractivity contribution >= 4 is 23.7 Å². The fourth-order valence-electron chi connectivity index (χ4n) is 2.92. The normalized spacial score (nSPS) is 14.9. The molecule has 154 valence electrons. The van der Waals surface area contributed by atoms with E-state index in [1.54, 1.807) is 36.4 Å². The lowest BCUT2D eigenvalue weighted by Crippen LogP contribution is -2.30. The maximum Gasteiger partial charge on any atom is 0.305 e. The first-order valence-electron chi connectivity index (χ1n) is 9.09. The number of fused-ring (bicyclic) bond motifs is 2. The number of amides is 1. The van der Waals surface area contributed by atoms with Crippen molar-refractivity contribution in [2.75, 3.05) is 19.9 Å². The minimum atomic E-state index is -0.999. The molecule has 0 saturated heterocycles. The maximum absolute atomic E-state index is 12.6. The summed E-state index contributed by atoms with van der Waals surface area (Å²) in [5.41, 5.74) is 1.12. The van der Waals surface area contributed by atoms with Crippen LogP contribution in [0, 0.1) is 0 Å². The second-order valence-electron chi connectivity index (χ2n) is 6.49. The molecule has 2 aliphatic rings. The molecule has 9 nitrogen and oxygen atoms in total. The molecule has 4 rings (SSSR count). The number of ketones is 1. The Balaban J connectivity index is 1.40. The lowest BCUT2D eigenvalue weighted by Gasteiger charge is -2.07. The molecule has 2 aromatic rings. The number of nitrogens with one attached hydrogen (secondary N) is 1. The SMILES string of the molecule is O=C(O)CCNC(=O)COc1ccc2c(c1)OC(=Cc1ccc3c(c1)OCO3)C2=O. The number of Topliss-reactive ketones (excluding diaryl/α,β-unsaturated/α-hetero) is 1. The number of carboxylic acid groups (broad SMARTS) is 1. The molecule has 30 heavy (non-hydrogen) atoms. The largest absolute Gasteiger partial charge is 0.484 e. The van der Waals surface area contributed by atoms with Gasteiger partial charge >= 0.3 is 5.97 Å². The quantitative estimate of drug-likeness (QED) is 0.664. The molecule has 0 bridgehead atoms. The van der Waals surface area contributed by atoms with Crippen LogP contribution >= 0.6 is 0 Å². The van der Waals surface area contributed by atoms with Gasteiger partial charge in [-0.3, -0.25) is 14.4 Å². The number of allylic oxidation sites excluding steroid dienone is 1. The van der Waals surface area contributed by atoms with E-state index < -0.39 is 11.9 Å². The van der Waals surface area contributed by atoms with Crippen LogP contribution in [0.2, 0.25) is 0 Å². The van der Waals surface area contributed by atoms with Gasteiger partial charge in [-0.1, -0.05) is 6.07 Å². The summed E-state index contributed by atoms with van der Waals surface area (Å²) in [5.74, 6) is 0.374. The Morgan fingerprint density at radius 1 is 1.10 bits per heavy atom. The highest BCUT2D eigenvalue weighted by atomic mass is 16.7. The van der Waals surface area contributed by atoms with E-state index in [4.69, 9.17) is 24.1 Å². The molecule has 0 aromatic heterocycles. The highest BCUT2D eigenvalue weighted by molar-refractivity contribution is 6.14. The standard InChI is InChI=1S/C21H17NO8/c23-19(22-6-5-20(24)25)10-27-13-2-3-14-16(9-13)30-18(21(14)26)8-12-1-4-15-17(7-12)29-11-28-15/h1-4,7-9H,5-6,10-11H2,(H,22,23)(H,24,25). The first kappa shape index (κ1) is 19.3. The van der Waals surface area contributed by atoms with Gasteiger partial charge in [0.15, 0.2) is 23.9 Å². The van der Waals surface area contributed by atoms with Crippen LogP contribution < -0.4 is 24.3 Å². The van der Waals surface area contributed by atoms with Gasteiger partial charge in [0.1, 0.15) is 11.5 Å². The second kappa shape index (κ2) is 8.16. The van der Waals surface area contributed by atoms with Crippen molar-refractivity contribution in [3.05, 3.63) is 53.3 Å². The Morgan fingerprint density at radius 2 is 1.93 bits per heavy atom. The fourth-order valence-corrected chi connectivity index (χ4v) is 2.92. The molecule has 0 aliphatic carbocycles. The molecule has 2 heterocycles. The molecule has 1 amide bonds. The van der Waals surface area contributed by atoms with Crippen LogP contribution in [-0.4, -0.2) is 42.7 Å². The number of carbonyl (C=O) groups is 3. The summed E-state index contributed by atoms with van der Waals surface area (Å²) >= 11 is 0. The van der Waals surface area contributed by atoms with E-state index >= 15 is 0 Å². The number of aliphatic carboxylic acids is 1. The van der Waals surface area contributed by atoms with Crippen LogP contribution in [0.15, 0.2) is 42.2 Å². The first-order valence-corrected chi connectivity index (χ1v) is 9.09. The zero-order chi connectivity index (χ0) is 21.1. The van der Waals surface area contributed by atoms with E-state index in [1.807, 2.05) is 0 Å². The maximum atomic E-state index is 12.6. The van der Waals surface area contributed by atoms with Gasteiger partial charge in [0.25, 0.3) is 5.91 Å². The van der Waals surface area contributed by atoms with Gasteiger partial charge in [0.05, 0.1) is 12.0 Å². The zero-order valence-electron chi connectivity index (χ0n) is 15.7. The summed E-state index contributed by atoms with van der Waals surface area (Å²) in [4.78, 5) is 34.7. The van der Waals surface area contributed by atoms with Gasteiger partial charge in [-0.15, -0.1) is 0 Å². The Labute approximate surface area is 170 Å². The van der Waals surface area contributed by atoms with Gasteiger partial charge in [-0.2, -0.15) is 0 Å². The average Bonchev–Trinajstić information content (AvgIpc) is 3.30. The number of hydrogen-bond acceptors (Lipinski definition) is 7. The Kier molecular flexibility index (Phi) is 5.25. The van der Waals surface area contributed by atoms with Crippen molar-refractivity contribution in [3.8, 4) is 23.0 Å². The van der Waals surface area contributed by atoms with Crippen LogP contribution in [0.1, 0.15) is 22.3 Å². The highest BCUT2D eigenvalue weighted by Crippen LogP contribution is 2.37. The van der Waals surface area contributed by atoms with Gasteiger partial charge in [0, 0.05) is 12.6 Å². The number of carboxylic acids is 1. The van der Waals surface area contributed by atoms with Crippen molar-refractivity contribution in [2.24, 2.45) is 0 Å². The van der Waals surface area contributed by atoms with E-state index in [-0.39, 0.29) is 37.9 Å². The molecule has 0 atom stereocenters. The number of ether oxygens (including phenoxy) is 4. The smallest absolute Gasteiger partial charge is 0.305 e. The van der Waals surface area contributed by atoms with Crippen molar-refractivity contribution in [1.82, 2.24) is 5.32 Å². The van der Waals surface area contributed by atoms with Crippen LogP contribution in [0.5, 0.6) is 23.0 Å². The third-order valence-corrected chi connectivity index (χ3v) is 4.37. The van der Waals surface area contributed by atoms with Crippen LogP contribution in [0.25, 0.3) is 6.08 Å². The number of hydrogen-bond donors (Lipinski definition) is 2. The molecule has 2 aromatic carbocycles. The lowest BCUT2D eigenvalue weighted by molar-refractivity contribution is -0.137. The van der Waals surface area contributed by atoms with Gasteiger partial charge in [0.2, 0.25) is 12.6 Å². The number of benzene rings is 2. The molecule has 0 saturated carbocycles. The van der Waals surface area contributed by atoms with Crippen LogP contribution in [-0.2, 0) is 9.59 Å². The summed E-state index contributed by atoms with van der Waals surface area (Å²) in [6.45, 7) is -0.101. The fraction of sp³-hybridized carbons (Fsp3) is 0.190. The molecular weight excluding hydrogens is 394 g/mol. The molecule has 0 fully saturated rings. The predicted octanol–water partition coefficient (Wildman–Crippen LogP) is 2.00. The lowest BCUT2D eigenvalue weighted by atomic mass is 10.1. The molecule has 2 aliphatic heterocycles. The van der Waals surface area contributed by atoms with Gasteiger partial charge in [-0.05, 0) is 35.9 Å². The molecule has 0 spiro atoms. The minimum Gasteiger partial charge on any atom is -0.484 e. The van der Waals surface area contributed by atoms with E-state index in [1.165, 1.54) is 6.07 Å². The predicted molar refractivity (Wildman–Crippen MR) is 103 cm³/mol. The number of rotatable bonds is 7. The summed E-state index contributed by atoms with van der Waals surface area (Å²) in [6.07, 6.45) is 1.44. The molecule has 0 unspecified atom stereocenters. The molecular formula is C21H17NO8. The van der Waals surface area contributed by atoms with E-state index in [2.05, 4.69) is 5.32 Å². The minimum absolute atomic E-state index is 0.0212. The van der Waals surface area contributed by atoms with E-state index in [0.717, 1.165) is 5.56 Å². The topological polar surface area (TPSA) is 120 Å². The summed E-state index contributed by atoms with van der Waals surface area (Å²) in [7, 11) is 0. The second-order valence-corrected chi connectivity index (χ2v) is 6.49. The molecule has 9 heteroatoms. The summed E-state index contributed by atoms with van der Waals surface area (Å²) in [5, 5.41) is 11.0. The van der Waals surface area contributed by atoms with Crippen molar-refractivity contribution < 1.29 is 38.4 Å². The highest BCUT2D eigenvalue weighted by Gasteiger charge is 2.28. The Hall–Kier alpha value is -4.01. The van der Waals surface area contributed by atoms with Crippen LogP contribution in [0.4, 0.5) is 0 Å². The summed E-state index contributed by atoms with van der Waals surface area (Å²) < 4.78 is 21.7.